The van der Waals surface area contributed by atoms with Gasteiger partial charge in [-0.25, -0.2) is 4.98 Å². The van der Waals surface area contributed by atoms with Crippen molar-refractivity contribution in [2.24, 2.45) is 5.92 Å². The molecule has 6 heteroatoms. The number of aromatic nitrogens is 2. The predicted molar refractivity (Wildman–Crippen MR) is 140 cm³/mol. The van der Waals surface area contributed by atoms with Crippen LogP contribution in [0.2, 0.25) is 0 Å². The van der Waals surface area contributed by atoms with Crippen LogP contribution in [0, 0.1) is 12.8 Å². The first-order chi connectivity index (χ1) is 17.0. The molecule has 0 spiro atoms. The van der Waals surface area contributed by atoms with E-state index in [1.54, 1.807) is 18.3 Å². The van der Waals surface area contributed by atoms with Crippen LogP contribution >= 0.6 is 0 Å². The van der Waals surface area contributed by atoms with Gasteiger partial charge in [0.15, 0.2) is 0 Å². The van der Waals surface area contributed by atoms with Gasteiger partial charge in [0.05, 0.1) is 0 Å². The van der Waals surface area contributed by atoms with Gasteiger partial charge in [-0.2, -0.15) is 0 Å². The van der Waals surface area contributed by atoms with E-state index in [1.807, 2.05) is 55.5 Å². The number of rotatable bonds is 5. The third-order valence-corrected chi connectivity index (χ3v) is 6.73. The Morgan fingerprint density at radius 3 is 2.37 bits per heavy atom. The van der Waals surface area contributed by atoms with Gasteiger partial charge >= 0.3 is 0 Å². The molecule has 3 N–H and O–H groups in total. The number of carbonyl (C=O) groups excluding carboxylic acids is 2. The molecule has 0 atom stereocenters. The van der Waals surface area contributed by atoms with Crippen LogP contribution < -0.4 is 10.6 Å². The van der Waals surface area contributed by atoms with Gasteiger partial charge in [0, 0.05) is 40.0 Å². The highest BCUT2D eigenvalue weighted by Gasteiger charge is 2.20. The number of benzene rings is 2. The number of hydrogen-bond acceptors (Lipinski definition) is 3. The summed E-state index contributed by atoms with van der Waals surface area (Å²) in [7, 11) is 0. The lowest BCUT2D eigenvalue weighted by Crippen LogP contribution is -2.22. The van der Waals surface area contributed by atoms with Gasteiger partial charge in [-0.05, 0) is 73.4 Å². The second kappa shape index (κ2) is 10.1. The lowest BCUT2D eigenvalue weighted by molar-refractivity contribution is -0.120. The summed E-state index contributed by atoms with van der Waals surface area (Å²) in [5.41, 5.74) is 5.36. The lowest BCUT2D eigenvalue weighted by Gasteiger charge is -2.14. The summed E-state index contributed by atoms with van der Waals surface area (Å²) in [4.78, 5) is 33.0. The molecule has 2 heterocycles. The SMILES string of the molecule is Cc1ccc(NC(=O)c2ccc3[nH]c(-c4ccc(NC(=O)C5CCCCCC5)cc4)cc3c2)nc1. The van der Waals surface area contributed by atoms with Crippen LogP contribution in [-0.2, 0) is 4.79 Å². The first-order valence-electron chi connectivity index (χ1n) is 12.3. The van der Waals surface area contributed by atoms with Crippen molar-refractivity contribution in [3.8, 4) is 11.3 Å². The van der Waals surface area contributed by atoms with Crippen molar-refractivity contribution in [1.82, 2.24) is 9.97 Å². The van der Waals surface area contributed by atoms with Crippen molar-refractivity contribution >= 4 is 34.2 Å². The minimum absolute atomic E-state index is 0.124. The maximum atomic E-state index is 12.7. The molecule has 2 aromatic heterocycles. The zero-order chi connectivity index (χ0) is 24.2. The van der Waals surface area contributed by atoms with Gasteiger partial charge in [0.2, 0.25) is 5.91 Å². The number of hydrogen-bond donors (Lipinski definition) is 3. The van der Waals surface area contributed by atoms with Crippen LogP contribution in [0.1, 0.15) is 54.4 Å². The Kier molecular flexibility index (Phi) is 6.62. The fourth-order valence-electron chi connectivity index (χ4n) is 4.68. The highest BCUT2D eigenvalue weighted by atomic mass is 16.2. The lowest BCUT2D eigenvalue weighted by atomic mass is 9.99. The number of fused-ring (bicyclic) bond motifs is 1. The molecular weight excluding hydrogens is 436 g/mol. The van der Waals surface area contributed by atoms with E-state index < -0.39 is 0 Å². The van der Waals surface area contributed by atoms with E-state index in [0.29, 0.717) is 11.4 Å². The highest BCUT2D eigenvalue weighted by molar-refractivity contribution is 6.06. The van der Waals surface area contributed by atoms with E-state index in [1.165, 1.54) is 12.8 Å². The van der Waals surface area contributed by atoms with E-state index >= 15 is 0 Å². The van der Waals surface area contributed by atoms with E-state index in [9.17, 15) is 9.59 Å². The largest absolute Gasteiger partial charge is 0.355 e. The summed E-state index contributed by atoms with van der Waals surface area (Å²) in [5, 5.41) is 6.89. The van der Waals surface area contributed by atoms with Crippen LogP contribution in [0.25, 0.3) is 22.2 Å². The number of carbonyl (C=O) groups is 2. The number of anilines is 2. The van der Waals surface area contributed by atoms with Crippen LogP contribution in [0.15, 0.2) is 66.9 Å². The standard InChI is InChI=1S/C29H30N4O2/c1-19-8-15-27(30-18-19)33-29(35)22-11-14-25-23(16-22)17-26(32-25)20-9-12-24(13-10-20)31-28(34)21-6-4-2-3-5-7-21/h8-18,21,32H,2-7H2,1H3,(H,31,34)(H,30,33,35). The number of amides is 2. The molecule has 0 radical (unpaired) electrons. The van der Waals surface area contributed by atoms with E-state index in [4.69, 9.17) is 0 Å². The Balaban J connectivity index is 1.27. The molecule has 4 aromatic rings. The summed E-state index contributed by atoms with van der Waals surface area (Å²) in [6.45, 7) is 1.96. The molecule has 1 aliphatic rings. The molecule has 5 rings (SSSR count). The zero-order valence-electron chi connectivity index (χ0n) is 19.9. The number of aryl methyl sites for hydroxylation is 1. The summed E-state index contributed by atoms with van der Waals surface area (Å²) in [6, 6.07) is 19.2. The average Bonchev–Trinajstić information content (AvgIpc) is 3.10. The normalized spacial score (nSPS) is 14.4. The molecule has 1 saturated carbocycles. The van der Waals surface area contributed by atoms with Crippen molar-refractivity contribution in [3.05, 3.63) is 78.0 Å². The van der Waals surface area contributed by atoms with Crippen molar-refractivity contribution in [1.29, 1.82) is 0 Å². The first kappa shape index (κ1) is 22.8. The molecule has 2 amide bonds. The van der Waals surface area contributed by atoms with Crippen molar-refractivity contribution < 1.29 is 9.59 Å². The monoisotopic (exact) mass is 466 g/mol. The molecule has 6 nitrogen and oxygen atoms in total. The Bertz CT molecular complexity index is 1330. The average molecular weight is 467 g/mol. The van der Waals surface area contributed by atoms with Gasteiger partial charge in [-0.15, -0.1) is 0 Å². The van der Waals surface area contributed by atoms with Gasteiger partial charge < -0.3 is 15.6 Å². The molecule has 1 aliphatic carbocycles. The third kappa shape index (κ3) is 5.43. The number of H-pyrrole nitrogens is 1. The second-order valence-corrected chi connectivity index (χ2v) is 9.42. The molecule has 2 aromatic carbocycles. The number of aromatic amines is 1. The smallest absolute Gasteiger partial charge is 0.256 e. The van der Waals surface area contributed by atoms with Crippen LogP contribution in [0.4, 0.5) is 11.5 Å². The number of pyridine rings is 1. The maximum Gasteiger partial charge on any atom is 0.256 e. The molecule has 1 fully saturated rings. The number of nitrogens with one attached hydrogen (secondary N) is 3. The fraction of sp³-hybridized carbons (Fsp3) is 0.276. The molecule has 0 bridgehead atoms. The van der Waals surface area contributed by atoms with E-state index in [0.717, 1.165) is 59.1 Å². The maximum absolute atomic E-state index is 12.7. The Hall–Kier alpha value is -3.93. The van der Waals surface area contributed by atoms with Gasteiger partial charge in [0.25, 0.3) is 5.91 Å². The van der Waals surface area contributed by atoms with E-state index in [-0.39, 0.29) is 17.7 Å². The predicted octanol–water partition coefficient (Wildman–Crippen LogP) is 6.70. The quantitative estimate of drug-likeness (QED) is 0.286. The Morgan fingerprint density at radius 2 is 1.66 bits per heavy atom. The van der Waals surface area contributed by atoms with Gasteiger partial charge in [-0.3, -0.25) is 9.59 Å². The highest BCUT2D eigenvalue weighted by Crippen LogP contribution is 2.28. The molecular formula is C29H30N4O2. The summed E-state index contributed by atoms with van der Waals surface area (Å²) in [6.07, 6.45) is 8.46. The molecule has 0 unspecified atom stereocenters. The topological polar surface area (TPSA) is 86.9 Å². The molecule has 0 aliphatic heterocycles. The van der Waals surface area contributed by atoms with Crippen LogP contribution in [-0.4, -0.2) is 21.8 Å². The van der Waals surface area contributed by atoms with Gasteiger partial charge in [0.1, 0.15) is 5.82 Å². The Morgan fingerprint density at radius 1 is 0.886 bits per heavy atom. The summed E-state index contributed by atoms with van der Waals surface area (Å²) in [5.74, 6) is 0.595. The minimum atomic E-state index is -0.195. The second-order valence-electron chi connectivity index (χ2n) is 9.42. The minimum Gasteiger partial charge on any atom is -0.355 e. The third-order valence-electron chi connectivity index (χ3n) is 6.73. The number of nitrogens with zero attached hydrogens (tertiary/aromatic N) is 1. The first-order valence-corrected chi connectivity index (χ1v) is 12.3. The van der Waals surface area contributed by atoms with Crippen molar-refractivity contribution in [2.45, 2.75) is 45.4 Å². The Labute approximate surface area is 205 Å². The van der Waals surface area contributed by atoms with Gasteiger partial charge in [-0.1, -0.05) is 43.9 Å². The summed E-state index contributed by atoms with van der Waals surface area (Å²) < 4.78 is 0. The van der Waals surface area contributed by atoms with Crippen LogP contribution in [0.5, 0.6) is 0 Å². The van der Waals surface area contributed by atoms with Crippen molar-refractivity contribution in [2.75, 3.05) is 10.6 Å². The molecule has 178 valence electrons. The molecule has 0 saturated heterocycles. The van der Waals surface area contributed by atoms with Crippen molar-refractivity contribution in [3.63, 3.8) is 0 Å². The zero-order valence-corrected chi connectivity index (χ0v) is 19.9. The summed E-state index contributed by atoms with van der Waals surface area (Å²) >= 11 is 0. The van der Waals surface area contributed by atoms with Crippen LogP contribution in [0.3, 0.4) is 0 Å². The molecule has 35 heavy (non-hydrogen) atoms. The fourth-order valence-corrected chi connectivity index (χ4v) is 4.68. The van der Waals surface area contributed by atoms with E-state index in [2.05, 4.69) is 20.6 Å².